The maximum atomic E-state index is 13.8. The zero-order chi connectivity index (χ0) is 22.2. The maximum Gasteiger partial charge on any atom is 0.231 e. The number of aromatic nitrogens is 1. The number of carbonyl (C=O) groups is 1. The Morgan fingerprint density at radius 2 is 1.88 bits per heavy atom. The van der Waals surface area contributed by atoms with Crippen molar-refractivity contribution in [3.05, 3.63) is 95.1 Å². The minimum atomic E-state index is -0.322. The maximum absolute atomic E-state index is 13.8. The summed E-state index contributed by atoms with van der Waals surface area (Å²) in [7, 11) is 3.57. The molecule has 1 aromatic heterocycles. The Kier molecular flexibility index (Phi) is 4.90. The van der Waals surface area contributed by atoms with Crippen LogP contribution < -0.4 is 14.2 Å². The molecule has 5 rings (SSSR count). The average Bonchev–Trinajstić information content (AvgIpc) is 3.28. The van der Waals surface area contributed by atoms with Crippen LogP contribution in [-0.2, 0) is 13.7 Å². The van der Waals surface area contributed by atoms with Gasteiger partial charge < -0.3 is 18.8 Å². The molecule has 0 aliphatic carbocycles. The van der Waals surface area contributed by atoms with E-state index in [9.17, 15) is 9.18 Å². The number of benzene rings is 3. The molecule has 160 valence electrons. The standard InChI is InChI=1S/C26H20FNO4/c1-28-14-17(21-12-18(30-2)8-10-23(21)28)11-25-26(29)20-9-7-19(13-24(20)32-25)31-15-16-5-3-4-6-22(16)27/h3-14H,15H2,1-2H3/b25-11+. The molecule has 0 unspecified atom stereocenters. The number of hydrogen-bond donors (Lipinski definition) is 0. The second-order valence-electron chi connectivity index (χ2n) is 7.56. The number of ketones is 1. The van der Waals surface area contributed by atoms with E-state index in [4.69, 9.17) is 14.2 Å². The van der Waals surface area contributed by atoms with Crippen molar-refractivity contribution in [2.75, 3.05) is 7.11 Å². The minimum Gasteiger partial charge on any atom is -0.497 e. The first-order chi connectivity index (χ1) is 15.5. The number of carbonyl (C=O) groups excluding carboxylic acids is 1. The van der Waals surface area contributed by atoms with Crippen molar-refractivity contribution >= 4 is 22.8 Å². The lowest BCUT2D eigenvalue weighted by Gasteiger charge is -2.08. The van der Waals surface area contributed by atoms with E-state index in [-0.39, 0.29) is 24.0 Å². The summed E-state index contributed by atoms with van der Waals surface area (Å²) in [6.07, 6.45) is 3.68. The van der Waals surface area contributed by atoms with Gasteiger partial charge in [0, 0.05) is 41.3 Å². The normalized spacial score (nSPS) is 14.0. The SMILES string of the molecule is COc1ccc2c(c1)c(/C=C1/Oc3cc(OCc4ccccc4F)ccc3C1=O)cn2C. The number of methoxy groups -OCH3 is 1. The molecule has 1 aliphatic rings. The monoisotopic (exact) mass is 429 g/mol. The highest BCUT2D eigenvalue weighted by atomic mass is 19.1. The summed E-state index contributed by atoms with van der Waals surface area (Å²) in [5.41, 5.74) is 2.79. The van der Waals surface area contributed by atoms with Crippen LogP contribution in [0.5, 0.6) is 17.2 Å². The number of ether oxygens (including phenoxy) is 3. The Bertz CT molecular complexity index is 1390. The van der Waals surface area contributed by atoms with Crippen molar-refractivity contribution in [3.63, 3.8) is 0 Å². The van der Waals surface area contributed by atoms with Gasteiger partial charge in [0.1, 0.15) is 29.7 Å². The van der Waals surface area contributed by atoms with Crippen LogP contribution >= 0.6 is 0 Å². The molecule has 5 nitrogen and oxygen atoms in total. The van der Waals surface area contributed by atoms with Gasteiger partial charge in [-0.2, -0.15) is 0 Å². The smallest absolute Gasteiger partial charge is 0.231 e. The van der Waals surface area contributed by atoms with Crippen LogP contribution in [0.2, 0.25) is 0 Å². The molecule has 1 aliphatic heterocycles. The molecule has 0 bridgehead atoms. The summed E-state index contributed by atoms with van der Waals surface area (Å²) in [5, 5.41) is 0.959. The third-order valence-corrected chi connectivity index (χ3v) is 5.51. The highest BCUT2D eigenvalue weighted by Gasteiger charge is 2.28. The van der Waals surface area contributed by atoms with E-state index < -0.39 is 0 Å². The number of halogens is 1. The van der Waals surface area contributed by atoms with E-state index in [0.717, 1.165) is 22.2 Å². The molecular formula is C26H20FNO4. The molecule has 0 saturated heterocycles. The van der Waals surface area contributed by atoms with Gasteiger partial charge in [0.2, 0.25) is 5.78 Å². The zero-order valence-corrected chi connectivity index (χ0v) is 17.6. The minimum absolute atomic E-state index is 0.0833. The Labute approximate surface area is 184 Å². The average molecular weight is 429 g/mol. The number of aryl methyl sites for hydroxylation is 1. The number of hydrogen-bond acceptors (Lipinski definition) is 4. The highest BCUT2D eigenvalue weighted by Crippen LogP contribution is 2.36. The van der Waals surface area contributed by atoms with Gasteiger partial charge in [-0.3, -0.25) is 4.79 Å². The Hall–Kier alpha value is -4.06. The molecule has 32 heavy (non-hydrogen) atoms. The zero-order valence-electron chi connectivity index (χ0n) is 17.6. The molecule has 0 radical (unpaired) electrons. The third-order valence-electron chi connectivity index (χ3n) is 5.51. The Balaban J connectivity index is 1.41. The number of allylic oxidation sites excluding steroid dienone is 1. The van der Waals surface area contributed by atoms with E-state index in [1.807, 2.05) is 36.0 Å². The van der Waals surface area contributed by atoms with Crippen molar-refractivity contribution in [2.24, 2.45) is 7.05 Å². The summed E-state index contributed by atoms with van der Waals surface area (Å²) in [4.78, 5) is 12.9. The summed E-state index contributed by atoms with van der Waals surface area (Å²) < 4.78 is 32.7. The third kappa shape index (κ3) is 3.50. The van der Waals surface area contributed by atoms with E-state index in [2.05, 4.69) is 0 Å². The van der Waals surface area contributed by atoms with Crippen molar-refractivity contribution in [3.8, 4) is 17.2 Å². The van der Waals surface area contributed by atoms with Crippen LogP contribution in [-0.4, -0.2) is 17.5 Å². The molecule has 0 amide bonds. The van der Waals surface area contributed by atoms with E-state index >= 15 is 0 Å². The van der Waals surface area contributed by atoms with Crippen molar-refractivity contribution in [1.82, 2.24) is 4.57 Å². The van der Waals surface area contributed by atoms with Crippen molar-refractivity contribution < 1.29 is 23.4 Å². The van der Waals surface area contributed by atoms with Gasteiger partial charge in [0.15, 0.2) is 5.76 Å². The molecular weight excluding hydrogens is 409 g/mol. The van der Waals surface area contributed by atoms with Crippen LogP contribution in [0.3, 0.4) is 0 Å². The molecule has 6 heteroatoms. The van der Waals surface area contributed by atoms with Gasteiger partial charge in [-0.05, 0) is 42.5 Å². The fourth-order valence-electron chi connectivity index (χ4n) is 3.82. The molecule has 0 fully saturated rings. The van der Waals surface area contributed by atoms with Crippen molar-refractivity contribution in [2.45, 2.75) is 6.61 Å². The Morgan fingerprint density at radius 1 is 1.06 bits per heavy atom. The van der Waals surface area contributed by atoms with Gasteiger partial charge in [0.05, 0.1) is 12.7 Å². The topological polar surface area (TPSA) is 49.7 Å². The molecule has 2 heterocycles. The summed E-state index contributed by atoms with van der Waals surface area (Å²) in [6.45, 7) is 0.0833. The highest BCUT2D eigenvalue weighted by molar-refractivity contribution is 6.15. The lowest BCUT2D eigenvalue weighted by molar-refractivity contribution is 0.101. The fraction of sp³-hybridized carbons (Fsp3) is 0.115. The molecule has 0 saturated carbocycles. The van der Waals surface area contributed by atoms with Gasteiger partial charge in [0.25, 0.3) is 0 Å². The number of rotatable bonds is 5. The summed E-state index contributed by atoms with van der Waals surface area (Å²) in [5.74, 6) is 1.38. The van der Waals surface area contributed by atoms with Gasteiger partial charge in [-0.1, -0.05) is 18.2 Å². The lowest BCUT2D eigenvalue weighted by Crippen LogP contribution is -1.98. The van der Waals surface area contributed by atoms with Crippen LogP contribution in [0, 0.1) is 5.82 Å². The van der Waals surface area contributed by atoms with Crippen LogP contribution in [0.25, 0.3) is 17.0 Å². The fourth-order valence-corrected chi connectivity index (χ4v) is 3.82. The Morgan fingerprint density at radius 3 is 2.69 bits per heavy atom. The quantitative estimate of drug-likeness (QED) is 0.392. The van der Waals surface area contributed by atoms with Crippen molar-refractivity contribution in [1.29, 1.82) is 0 Å². The van der Waals surface area contributed by atoms with Crippen LogP contribution in [0.1, 0.15) is 21.5 Å². The molecule has 0 atom stereocenters. The second kappa shape index (κ2) is 7.89. The van der Waals surface area contributed by atoms with E-state index in [0.29, 0.717) is 22.6 Å². The first-order valence-corrected chi connectivity index (χ1v) is 10.1. The number of nitrogens with zero attached hydrogens (tertiary/aromatic N) is 1. The van der Waals surface area contributed by atoms with Crippen LogP contribution in [0.4, 0.5) is 4.39 Å². The lowest BCUT2D eigenvalue weighted by atomic mass is 10.1. The van der Waals surface area contributed by atoms with Crippen LogP contribution in [0.15, 0.2) is 72.6 Å². The number of Topliss-reactive ketones (excluding diaryl/α,β-unsaturated/α-hetero) is 1. The number of fused-ring (bicyclic) bond motifs is 2. The van der Waals surface area contributed by atoms with E-state index in [1.165, 1.54) is 6.07 Å². The predicted octanol–water partition coefficient (Wildman–Crippen LogP) is 5.52. The van der Waals surface area contributed by atoms with Gasteiger partial charge in [-0.15, -0.1) is 0 Å². The largest absolute Gasteiger partial charge is 0.497 e. The van der Waals surface area contributed by atoms with Gasteiger partial charge >= 0.3 is 0 Å². The molecule has 0 spiro atoms. The summed E-state index contributed by atoms with van der Waals surface area (Å²) in [6, 6.07) is 17.3. The second-order valence-corrected chi connectivity index (χ2v) is 7.56. The first kappa shape index (κ1) is 19.9. The molecule has 4 aromatic rings. The summed E-state index contributed by atoms with van der Waals surface area (Å²) >= 11 is 0. The molecule has 3 aromatic carbocycles. The van der Waals surface area contributed by atoms with E-state index in [1.54, 1.807) is 49.6 Å². The predicted molar refractivity (Wildman–Crippen MR) is 120 cm³/mol. The first-order valence-electron chi connectivity index (χ1n) is 10.1. The van der Waals surface area contributed by atoms with Gasteiger partial charge in [-0.25, -0.2) is 4.39 Å². The molecule has 0 N–H and O–H groups in total.